The van der Waals surface area contributed by atoms with E-state index in [-0.39, 0.29) is 6.61 Å². The van der Waals surface area contributed by atoms with Crippen molar-refractivity contribution in [2.45, 2.75) is 39.5 Å². The first-order chi connectivity index (χ1) is 6.76. The second kappa shape index (κ2) is 5.55. The SMILES string of the molecule is CCOC(=O)C(O)NC(=O)OC(C)(C)C. The molecule has 2 N–H and O–H groups in total. The predicted octanol–water partition coefficient (Wildman–Crippen LogP) is 0.393. The van der Waals surface area contributed by atoms with Gasteiger partial charge in [-0.3, -0.25) is 5.32 Å². The number of alkyl carbamates (subject to hydrolysis) is 1. The fourth-order valence-corrected chi connectivity index (χ4v) is 0.699. The van der Waals surface area contributed by atoms with Crippen LogP contribution in [0.15, 0.2) is 0 Å². The third-order valence-electron chi connectivity index (χ3n) is 1.16. The van der Waals surface area contributed by atoms with Crippen molar-refractivity contribution >= 4 is 12.1 Å². The zero-order chi connectivity index (χ0) is 12.1. The van der Waals surface area contributed by atoms with Gasteiger partial charge in [-0.1, -0.05) is 0 Å². The molecule has 0 saturated heterocycles. The van der Waals surface area contributed by atoms with Crippen molar-refractivity contribution in [3.05, 3.63) is 0 Å². The molecule has 1 amide bonds. The van der Waals surface area contributed by atoms with Gasteiger partial charge in [0.1, 0.15) is 5.60 Å². The number of hydrogen-bond donors (Lipinski definition) is 2. The first-order valence-corrected chi connectivity index (χ1v) is 4.60. The van der Waals surface area contributed by atoms with Gasteiger partial charge in [-0.15, -0.1) is 0 Å². The highest BCUT2D eigenvalue weighted by Gasteiger charge is 2.22. The number of carbonyl (C=O) groups excluding carboxylic acids is 2. The van der Waals surface area contributed by atoms with E-state index < -0.39 is 23.9 Å². The van der Waals surface area contributed by atoms with E-state index in [4.69, 9.17) is 9.84 Å². The van der Waals surface area contributed by atoms with Crippen LogP contribution in [-0.2, 0) is 14.3 Å². The Kier molecular flexibility index (Phi) is 5.07. The summed E-state index contributed by atoms with van der Waals surface area (Å²) < 4.78 is 9.29. The van der Waals surface area contributed by atoms with Crippen molar-refractivity contribution in [2.75, 3.05) is 6.61 Å². The van der Waals surface area contributed by atoms with E-state index in [1.54, 1.807) is 27.7 Å². The minimum Gasteiger partial charge on any atom is -0.463 e. The average molecular weight is 219 g/mol. The molecule has 0 aliphatic heterocycles. The van der Waals surface area contributed by atoms with Gasteiger partial charge in [0, 0.05) is 0 Å². The number of nitrogens with one attached hydrogen (secondary N) is 1. The molecule has 0 rings (SSSR count). The summed E-state index contributed by atoms with van der Waals surface area (Å²) in [5, 5.41) is 11.1. The first-order valence-electron chi connectivity index (χ1n) is 4.60. The highest BCUT2D eigenvalue weighted by Crippen LogP contribution is 2.06. The first kappa shape index (κ1) is 13.7. The van der Waals surface area contributed by atoms with Gasteiger partial charge in [-0.25, -0.2) is 9.59 Å². The number of ether oxygens (including phenoxy) is 2. The van der Waals surface area contributed by atoms with E-state index in [2.05, 4.69) is 4.74 Å². The molecule has 0 aliphatic rings. The van der Waals surface area contributed by atoms with Crippen LogP contribution in [0.1, 0.15) is 27.7 Å². The standard InChI is InChI=1S/C9H17NO5/c1-5-14-7(12)6(11)10-8(13)15-9(2,3)4/h6,11H,5H2,1-4H3,(H,10,13). The van der Waals surface area contributed by atoms with Crippen molar-refractivity contribution in [3.8, 4) is 0 Å². The second-order valence-electron chi connectivity index (χ2n) is 3.80. The van der Waals surface area contributed by atoms with Gasteiger partial charge in [0.2, 0.25) is 6.23 Å². The van der Waals surface area contributed by atoms with Crippen LogP contribution in [0.5, 0.6) is 0 Å². The summed E-state index contributed by atoms with van der Waals surface area (Å²) in [6.07, 6.45) is -2.57. The molecule has 0 aromatic rings. The summed E-state index contributed by atoms with van der Waals surface area (Å²) in [4.78, 5) is 22.0. The number of aliphatic hydroxyl groups excluding tert-OH is 1. The fourth-order valence-electron chi connectivity index (χ4n) is 0.699. The van der Waals surface area contributed by atoms with Gasteiger partial charge >= 0.3 is 12.1 Å². The summed E-state index contributed by atoms with van der Waals surface area (Å²) in [6.45, 7) is 6.74. The molecule has 0 radical (unpaired) electrons. The molecule has 1 unspecified atom stereocenters. The van der Waals surface area contributed by atoms with Gasteiger partial charge in [0.05, 0.1) is 6.61 Å². The molecule has 0 bridgehead atoms. The Hall–Kier alpha value is -1.30. The Morgan fingerprint density at radius 2 is 1.93 bits per heavy atom. The summed E-state index contributed by atoms with van der Waals surface area (Å²) in [6, 6.07) is 0. The van der Waals surface area contributed by atoms with E-state index in [1.807, 2.05) is 5.32 Å². The monoisotopic (exact) mass is 219 g/mol. The number of amides is 1. The quantitative estimate of drug-likeness (QED) is 0.530. The van der Waals surface area contributed by atoms with Crippen LogP contribution >= 0.6 is 0 Å². The van der Waals surface area contributed by atoms with Crippen LogP contribution in [0.2, 0.25) is 0 Å². The molecule has 1 atom stereocenters. The van der Waals surface area contributed by atoms with Crippen molar-refractivity contribution in [2.24, 2.45) is 0 Å². The van der Waals surface area contributed by atoms with E-state index in [0.717, 1.165) is 0 Å². The minimum atomic E-state index is -1.69. The van der Waals surface area contributed by atoms with Gasteiger partial charge in [-0.2, -0.15) is 0 Å². The van der Waals surface area contributed by atoms with E-state index in [0.29, 0.717) is 0 Å². The molecule has 0 saturated carbocycles. The Morgan fingerprint density at radius 3 is 2.33 bits per heavy atom. The Bertz CT molecular complexity index is 233. The largest absolute Gasteiger partial charge is 0.463 e. The van der Waals surface area contributed by atoms with Gasteiger partial charge < -0.3 is 14.6 Å². The number of rotatable bonds is 3. The molecular weight excluding hydrogens is 202 g/mol. The lowest BCUT2D eigenvalue weighted by Gasteiger charge is -2.20. The molecule has 6 nitrogen and oxygen atoms in total. The molecular formula is C9H17NO5. The summed E-state index contributed by atoms with van der Waals surface area (Å²) in [5.74, 6) is -0.914. The average Bonchev–Trinajstić information content (AvgIpc) is 2.00. The molecule has 6 heteroatoms. The second-order valence-corrected chi connectivity index (χ2v) is 3.80. The normalized spacial score (nSPS) is 12.9. The fraction of sp³-hybridized carbons (Fsp3) is 0.778. The number of hydrogen-bond acceptors (Lipinski definition) is 5. The molecule has 0 aromatic heterocycles. The minimum absolute atomic E-state index is 0.131. The predicted molar refractivity (Wildman–Crippen MR) is 52.0 cm³/mol. The highest BCUT2D eigenvalue weighted by molar-refractivity contribution is 5.79. The summed E-state index contributed by atoms with van der Waals surface area (Å²) >= 11 is 0. The van der Waals surface area contributed by atoms with E-state index in [1.165, 1.54) is 0 Å². The number of esters is 1. The van der Waals surface area contributed by atoms with Gasteiger partial charge in [-0.05, 0) is 27.7 Å². The summed E-state index contributed by atoms with van der Waals surface area (Å²) in [7, 11) is 0. The van der Waals surface area contributed by atoms with E-state index >= 15 is 0 Å². The molecule has 0 aliphatic carbocycles. The topological polar surface area (TPSA) is 84.9 Å². The lowest BCUT2D eigenvalue weighted by atomic mass is 10.2. The smallest absolute Gasteiger partial charge is 0.410 e. The third-order valence-corrected chi connectivity index (χ3v) is 1.16. The molecule has 15 heavy (non-hydrogen) atoms. The zero-order valence-electron chi connectivity index (χ0n) is 9.36. The zero-order valence-corrected chi connectivity index (χ0v) is 9.36. The van der Waals surface area contributed by atoms with Crippen LogP contribution in [0.25, 0.3) is 0 Å². The molecule has 0 fully saturated rings. The van der Waals surface area contributed by atoms with Crippen molar-refractivity contribution in [3.63, 3.8) is 0 Å². The van der Waals surface area contributed by atoms with E-state index in [9.17, 15) is 9.59 Å². The maximum atomic E-state index is 11.1. The third kappa shape index (κ3) is 6.73. The lowest BCUT2D eigenvalue weighted by molar-refractivity contribution is -0.154. The van der Waals surface area contributed by atoms with Crippen LogP contribution in [0, 0.1) is 0 Å². The maximum absolute atomic E-state index is 11.1. The van der Waals surface area contributed by atoms with Crippen LogP contribution in [-0.4, -0.2) is 35.6 Å². The molecule has 88 valence electrons. The maximum Gasteiger partial charge on any atom is 0.410 e. The van der Waals surface area contributed by atoms with Gasteiger partial charge in [0.25, 0.3) is 0 Å². The summed E-state index contributed by atoms with van der Waals surface area (Å²) in [5.41, 5.74) is -0.682. The van der Waals surface area contributed by atoms with Crippen molar-refractivity contribution < 1.29 is 24.2 Å². The van der Waals surface area contributed by atoms with Crippen LogP contribution < -0.4 is 5.32 Å². The van der Waals surface area contributed by atoms with Crippen molar-refractivity contribution in [1.82, 2.24) is 5.32 Å². The van der Waals surface area contributed by atoms with Gasteiger partial charge in [0.15, 0.2) is 0 Å². The van der Waals surface area contributed by atoms with Crippen LogP contribution in [0.4, 0.5) is 4.79 Å². The molecule has 0 heterocycles. The molecule has 0 spiro atoms. The Balaban J connectivity index is 4.02. The molecule has 0 aromatic carbocycles. The number of aliphatic hydroxyl groups is 1. The van der Waals surface area contributed by atoms with Crippen LogP contribution in [0.3, 0.4) is 0 Å². The number of carbonyl (C=O) groups is 2. The highest BCUT2D eigenvalue weighted by atomic mass is 16.6. The van der Waals surface area contributed by atoms with Crippen molar-refractivity contribution in [1.29, 1.82) is 0 Å². The Morgan fingerprint density at radius 1 is 1.40 bits per heavy atom. The lowest BCUT2D eigenvalue weighted by Crippen LogP contribution is -2.44. The Labute approximate surface area is 88.6 Å².